The molecule has 3 aromatic rings. The van der Waals surface area contributed by atoms with E-state index in [2.05, 4.69) is 0 Å². The fraction of sp³-hybridized carbons (Fsp3) is 0.250. The Balaban J connectivity index is 1.84. The molecule has 1 N–H and O–H groups in total. The number of carbonyl (C=O) groups excluding carboxylic acids is 1. The maximum Gasteiger partial charge on any atom is 0.347 e. The number of benzene rings is 2. The Labute approximate surface area is 179 Å². The van der Waals surface area contributed by atoms with E-state index in [9.17, 15) is 14.7 Å². The van der Waals surface area contributed by atoms with Crippen molar-refractivity contribution < 1.29 is 23.8 Å². The van der Waals surface area contributed by atoms with Crippen LogP contribution in [0.25, 0.3) is 17.0 Å². The van der Waals surface area contributed by atoms with Gasteiger partial charge in [0.2, 0.25) is 5.78 Å². The number of carboxylic acids is 1. The average Bonchev–Trinajstić information content (AvgIpc) is 3.13. The number of ketones is 1. The number of para-hydroxylation sites is 1. The van der Waals surface area contributed by atoms with Crippen LogP contribution in [-0.2, 0) is 4.79 Å². The van der Waals surface area contributed by atoms with Crippen molar-refractivity contribution in [2.75, 3.05) is 6.26 Å². The van der Waals surface area contributed by atoms with Gasteiger partial charge in [0.25, 0.3) is 0 Å². The first kappa shape index (κ1) is 21.7. The summed E-state index contributed by atoms with van der Waals surface area (Å²) < 4.78 is 11.5. The van der Waals surface area contributed by atoms with E-state index < -0.39 is 11.6 Å². The smallest absolute Gasteiger partial charge is 0.347 e. The fourth-order valence-corrected chi connectivity index (χ4v) is 3.67. The van der Waals surface area contributed by atoms with Crippen LogP contribution in [0.4, 0.5) is 0 Å². The van der Waals surface area contributed by atoms with Crippen molar-refractivity contribution in [1.82, 2.24) is 0 Å². The molecule has 1 aromatic heterocycles. The zero-order chi connectivity index (χ0) is 22.1. The van der Waals surface area contributed by atoms with E-state index in [1.165, 1.54) is 19.9 Å². The van der Waals surface area contributed by atoms with Crippen LogP contribution < -0.4 is 4.74 Å². The fourth-order valence-electron chi connectivity index (χ4n) is 3.11. The van der Waals surface area contributed by atoms with Crippen molar-refractivity contribution in [3.63, 3.8) is 0 Å². The van der Waals surface area contributed by atoms with E-state index >= 15 is 0 Å². The number of furan rings is 1. The van der Waals surface area contributed by atoms with Crippen molar-refractivity contribution in [3.8, 4) is 5.75 Å². The molecule has 0 amide bonds. The Hall–Kier alpha value is -2.99. The summed E-state index contributed by atoms with van der Waals surface area (Å²) in [6, 6.07) is 11.3. The van der Waals surface area contributed by atoms with Gasteiger partial charge in [-0.2, -0.15) is 0 Å². The molecule has 0 fully saturated rings. The number of carbonyl (C=O) groups is 2. The Morgan fingerprint density at radius 1 is 1.13 bits per heavy atom. The van der Waals surface area contributed by atoms with Gasteiger partial charge in [0.1, 0.15) is 11.3 Å². The quantitative estimate of drug-likeness (QED) is 0.289. The first-order valence-corrected chi connectivity index (χ1v) is 10.7. The van der Waals surface area contributed by atoms with Gasteiger partial charge >= 0.3 is 5.97 Å². The highest BCUT2D eigenvalue weighted by Crippen LogP contribution is 2.31. The number of hydrogen-bond acceptors (Lipinski definition) is 5. The van der Waals surface area contributed by atoms with Crippen molar-refractivity contribution in [2.45, 2.75) is 38.2 Å². The van der Waals surface area contributed by atoms with Crippen LogP contribution in [0.2, 0.25) is 0 Å². The summed E-state index contributed by atoms with van der Waals surface area (Å²) in [5.41, 5.74) is 1.80. The second-order valence-electron chi connectivity index (χ2n) is 7.59. The first-order chi connectivity index (χ1) is 14.1. The molecule has 3 rings (SSSR count). The minimum atomic E-state index is -1.33. The zero-order valence-electron chi connectivity index (χ0n) is 17.6. The molecule has 6 heteroatoms. The van der Waals surface area contributed by atoms with E-state index in [-0.39, 0.29) is 5.78 Å². The van der Waals surface area contributed by atoms with E-state index in [0.717, 1.165) is 32.6 Å². The van der Waals surface area contributed by atoms with E-state index in [4.69, 9.17) is 9.15 Å². The molecule has 0 atom stereocenters. The predicted molar refractivity (Wildman–Crippen MR) is 120 cm³/mol. The molecular formula is C24H24O5S. The van der Waals surface area contributed by atoms with Gasteiger partial charge in [-0.1, -0.05) is 18.2 Å². The number of aliphatic carboxylic acids is 1. The molecule has 0 bridgehead atoms. The molecule has 0 saturated carbocycles. The highest BCUT2D eigenvalue weighted by atomic mass is 32.2. The lowest BCUT2D eigenvalue weighted by Crippen LogP contribution is -2.38. The largest absolute Gasteiger partial charge is 0.478 e. The minimum Gasteiger partial charge on any atom is -0.478 e. The summed E-state index contributed by atoms with van der Waals surface area (Å²) in [6.07, 6.45) is 5.16. The summed E-state index contributed by atoms with van der Waals surface area (Å²) in [7, 11) is 0. The molecule has 0 aliphatic heterocycles. The summed E-state index contributed by atoms with van der Waals surface area (Å²) in [6.45, 7) is 6.72. The molecular weight excluding hydrogens is 400 g/mol. The van der Waals surface area contributed by atoms with Crippen LogP contribution in [-0.4, -0.2) is 28.7 Å². The molecule has 1 heterocycles. The van der Waals surface area contributed by atoms with Crippen LogP contribution in [0.1, 0.15) is 41.1 Å². The Morgan fingerprint density at radius 3 is 2.40 bits per heavy atom. The van der Waals surface area contributed by atoms with Gasteiger partial charge in [-0.05, 0) is 81.0 Å². The van der Waals surface area contributed by atoms with Gasteiger partial charge in [-0.15, -0.1) is 11.8 Å². The molecule has 5 nitrogen and oxygen atoms in total. The lowest BCUT2D eigenvalue weighted by atomic mass is 10.0. The average molecular weight is 425 g/mol. The Kier molecular flexibility index (Phi) is 6.08. The molecule has 156 valence electrons. The lowest BCUT2D eigenvalue weighted by Gasteiger charge is -2.24. The molecule has 0 aliphatic carbocycles. The summed E-state index contributed by atoms with van der Waals surface area (Å²) in [4.78, 5) is 24.9. The highest BCUT2D eigenvalue weighted by molar-refractivity contribution is 7.98. The van der Waals surface area contributed by atoms with Gasteiger partial charge in [0, 0.05) is 5.39 Å². The van der Waals surface area contributed by atoms with Crippen molar-refractivity contribution in [3.05, 3.63) is 64.9 Å². The third-order valence-corrected chi connectivity index (χ3v) is 5.51. The standard InChI is InChI=1S/C24H24O5S/c1-14-11-16(12-15(2)21(14)29-24(3,4)23(26)27)9-10-18(25)19-13-17-7-6-8-20(30-5)22(17)28-19/h6-13H,1-5H3,(H,26,27). The van der Waals surface area contributed by atoms with Gasteiger partial charge in [-0.25, -0.2) is 4.79 Å². The number of thioether (sulfide) groups is 1. The Bertz CT molecular complexity index is 1130. The number of aryl methyl sites for hydroxylation is 2. The monoisotopic (exact) mass is 424 g/mol. The number of carboxylic acid groups (broad SMARTS) is 1. The zero-order valence-corrected chi connectivity index (χ0v) is 18.4. The second-order valence-corrected chi connectivity index (χ2v) is 8.44. The predicted octanol–water partition coefficient (Wildman–Crippen LogP) is 5.91. The Morgan fingerprint density at radius 2 is 1.80 bits per heavy atom. The van der Waals surface area contributed by atoms with Gasteiger partial charge in [-0.3, -0.25) is 4.79 Å². The van der Waals surface area contributed by atoms with Crippen LogP contribution in [0, 0.1) is 13.8 Å². The van der Waals surface area contributed by atoms with Crippen LogP contribution >= 0.6 is 11.8 Å². The van der Waals surface area contributed by atoms with Crippen LogP contribution in [0.3, 0.4) is 0 Å². The van der Waals surface area contributed by atoms with Crippen LogP contribution in [0.5, 0.6) is 5.75 Å². The van der Waals surface area contributed by atoms with Gasteiger partial charge in [0.05, 0.1) is 4.90 Å². The number of hydrogen-bond donors (Lipinski definition) is 1. The first-order valence-electron chi connectivity index (χ1n) is 9.45. The van der Waals surface area contributed by atoms with E-state index in [1.807, 2.05) is 50.4 Å². The van der Waals surface area contributed by atoms with Crippen molar-refractivity contribution in [1.29, 1.82) is 0 Å². The molecule has 0 aliphatic rings. The van der Waals surface area contributed by atoms with Crippen LogP contribution in [0.15, 0.2) is 51.8 Å². The minimum absolute atomic E-state index is 0.221. The molecule has 0 unspecified atom stereocenters. The lowest BCUT2D eigenvalue weighted by molar-refractivity contribution is -0.152. The van der Waals surface area contributed by atoms with E-state index in [0.29, 0.717) is 11.5 Å². The van der Waals surface area contributed by atoms with Gasteiger partial charge in [0.15, 0.2) is 11.4 Å². The number of allylic oxidation sites excluding steroid dienone is 1. The maximum atomic E-state index is 12.6. The number of fused-ring (bicyclic) bond motifs is 1. The molecule has 30 heavy (non-hydrogen) atoms. The third kappa shape index (κ3) is 4.44. The normalized spacial score (nSPS) is 11.9. The molecule has 0 radical (unpaired) electrons. The topological polar surface area (TPSA) is 76.7 Å². The molecule has 0 saturated heterocycles. The number of ether oxygens (including phenoxy) is 1. The SMILES string of the molecule is CSc1cccc2cc(C(=O)C=Cc3cc(C)c(OC(C)(C)C(=O)O)c(C)c3)oc12. The summed E-state index contributed by atoms with van der Waals surface area (Å²) >= 11 is 1.57. The number of rotatable bonds is 7. The maximum absolute atomic E-state index is 12.6. The third-order valence-electron chi connectivity index (χ3n) is 4.75. The van der Waals surface area contributed by atoms with Crippen molar-refractivity contribution >= 4 is 40.6 Å². The van der Waals surface area contributed by atoms with Gasteiger partial charge < -0.3 is 14.3 Å². The highest BCUT2D eigenvalue weighted by Gasteiger charge is 2.30. The van der Waals surface area contributed by atoms with Crippen molar-refractivity contribution in [2.24, 2.45) is 0 Å². The second kappa shape index (κ2) is 8.40. The van der Waals surface area contributed by atoms with E-state index in [1.54, 1.807) is 23.9 Å². The summed E-state index contributed by atoms with van der Waals surface area (Å²) in [5.74, 6) is -0.431. The molecule has 0 spiro atoms. The molecule has 2 aromatic carbocycles. The summed E-state index contributed by atoms with van der Waals surface area (Å²) in [5, 5.41) is 10.2.